The van der Waals surface area contributed by atoms with Crippen molar-refractivity contribution in [2.24, 2.45) is 17.8 Å². The van der Waals surface area contributed by atoms with Crippen molar-refractivity contribution >= 4 is 57.8 Å². The van der Waals surface area contributed by atoms with Crippen LogP contribution in [-0.2, 0) is 49.5 Å². The largest absolute Gasteiger partial charge is 0.461 e. The van der Waals surface area contributed by atoms with Gasteiger partial charge in [0.25, 0.3) is 0 Å². The maximum Gasteiger partial charge on any atom is 0.371 e. The van der Waals surface area contributed by atoms with Crippen LogP contribution < -0.4 is 0 Å². The van der Waals surface area contributed by atoms with E-state index in [9.17, 15) is 28.8 Å². The van der Waals surface area contributed by atoms with Crippen LogP contribution >= 0.6 is 23.5 Å². The zero-order valence-electron chi connectivity index (χ0n) is 23.5. The number of esters is 3. The van der Waals surface area contributed by atoms with E-state index in [1.807, 2.05) is 6.07 Å². The van der Waals surface area contributed by atoms with E-state index in [1.165, 1.54) is 13.8 Å². The van der Waals surface area contributed by atoms with Crippen molar-refractivity contribution in [3.63, 3.8) is 0 Å². The predicted octanol–water partition coefficient (Wildman–Crippen LogP) is 5.14. The first-order chi connectivity index (χ1) is 18.7. The molecule has 13 heteroatoms. The zero-order valence-corrected chi connectivity index (χ0v) is 25.1. The summed E-state index contributed by atoms with van der Waals surface area (Å²) in [6, 6.07) is 8.91. The van der Waals surface area contributed by atoms with Gasteiger partial charge in [-0.3, -0.25) is 19.2 Å². The van der Waals surface area contributed by atoms with E-state index < -0.39 is 70.4 Å². The molecule has 0 saturated heterocycles. The summed E-state index contributed by atoms with van der Waals surface area (Å²) in [6.45, 7) is 8.27. The van der Waals surface area contributed by atoms with Gasteiger partial charge in [0, 0.05) is 12.2 Å². The minimum atomic E-state index is -1.31. The Bertz CT molecular complexity index is 1020. The summed E-state index contributed by atoms with van der Waals surface area (Å²) >= 11 is 1.20. The summed E-state index contributed by atoms with van der Waals surface area (Å²) in [5.41, 5.74) is 0.733. The average Bonchev–Trinajstić information content (AvgIpc) is 2.89. The van der Waals surface area contributed by atoms with Gasteiger partial charge in [0.15, 0.2) is 0 Å². The van der Waals surface area contributed by atoms with Gasteiger partial charge in [-0.2, -0.15) is 0 Å². The smallest absolute Gasteiger partial charge is 0.371 e. The molecule has 0 radical (unpaired) electrons. The predicted molar refractivity (Wildman–Crippen MR) is 148 cm³/mol. The fourth-order valence-corrected chi connectivity index (χ4v) is 4.08. The van der Waals surface area contributed by atoms with Crippen molar-refractivity contribution < 1.29 is 52.5 Å². The molecule has 0 fully saturated rings. The number of thioether (sulfide) groups is 2. The molecule has 0 unspecified atom stereocenters. The monoisotopic (exact) mass is 600 g/mol. The third-order valence-corrected chi connectivity index (χ3v) is 7.05. The van der Waals surface area contributed by atoms with E-state index in [0.29, 0.717) is 23.5 Å². The summed E-state index contributed by atoms with van der Waals surface area (Å²) in [5.74, 6) is -4.27. The number of carbonyl (C=O) groups is 6. The molecule has 1 rings (SSSR count). The van der Waals surface area contributed by atoms with Gasteiger partial charge in [0.2, 0.25) is 13.6 Å². The van der Waals surface area contributed by atoms with Crippen molar-refractivity contribution in [1.82, 2.24) is 0 Å². The van der Waals surface area contributed by atoms with Crippen molar-refractivity contribution in [3.8, 4) is 0 Å². The number of rotatable bonds is 15. The molecule has 0 saturated carbocycles. The highest BCUT2D eigenvalue weighted by Gasteiger charge is 2.36. The fraction of sp³-hybridized carbons (Fsp3) is 0.556. The lowest BCUT2D eigenvalue weighted by Crippen LogP contribution is -2.34. The Balaban J connectivity index is 2.77. The molecule has 0 bridgehead atoms. The number of carbonyl (C=O) groups excluding carboxylic acids is 6. The van der Waals surface area contributed by atoms with Gasteiger partial charge in [-0.05, 0) is 42.9 Å². The first-order valence-corrected chi connectivity index (χ1v) is 14.3. The Kier molecular flexibility index (Phi) is 15.4. The second-order valence-electron chi connectivity index (χ2n) is 9.60. The van der Waals surface area contributed by atoms with Crippen LogP contribution in [0.1, 0.15) is 53.5 Å². The molecule has 0 aromatic heterocycles. The zero-order chi connectivity index (χ0) is 30.3. The molecular weight excluding hydrogens is 564 g/mol. The lowest BCUT2D eigenvalue weighted by molar-refractivity contribution is -0.156. The number of benzene rings is 1. The Labute approximate surface area is 242 Å². The normalized spacial score (nSPS) is 11.9. The molecule has 0 N–H and O–H groups in total. The quantitative estimate of drug-likeness (QED) is 0.149. The maximum absolute atomic E-state index is 13.1. The molecule has 0 amide bonds. The summed E-state index contributed by atoms with van der Waals surface area (Å²) in [6.07, 6.45) is -0.341. The highest BCUT2D eigenvalue weighted by atomic mass is 32.2. The molecule has 1 aromatic rings. The van der Waals surface area contributed by atoms with E-state index in [4.69, 9.17) is 23.7 Å². The molecule has 0 spiro atoms. The lowest BCUT2D eigenvalue weighted by atomic mass is 9.97. The van der Waals surface area contributed by atoms with Crippen LogP contribution in [0.15, 0.2) is 30.3 Å². The van der Waals surface area contributed by atoms with E-state index in [2.05, 4.69) is 0 Å². The van der Waals surface area contributed by atoms with Gasteiger partial charge in [-0.1, -0.05) is 58.0 Å². The number of hydrogen-bond donors (Lipinski definition) is 0. The Morgan fingerprint density at radius 1 is 0.725 bits per heavy atom. The fourth-order valence-electron chi connectivity index (χ4n) is 2.64. The summed E-state index contributed by atoms with van der Waals surface area (Å²) in [7, 11) is 0. The molecule has 222 valence electrons. The van der Waals surface area contributed by atoms with Gasteiger partial charge in [0.1, 0.15) is 12.4 Å². The lowest BCUT2D eigenvalue weighted by Gasteiger charge is -2.23. The first kappa shape index (κ1) is 35.0. The number of hydrogen-bond acceptors (Lipinski definition) is 13. The minimum absolute atomic E-state index is 0.0375. The second kappa shape index (κ2) is 17.6. The second-order valence-corrected chi connectivity index (χ2v) is 12.1. The SMILES string of the molecule is CC(C)C(=O)OCOC(=O)SC[C@H](CC(=O)C(C)(C)SC(=O)OCOC(=O)C(C)C)C(=O)OCc1ccccc1. The van der Waals surface area contributed by atoms with Gasteiger partial charge in [-0.15, -0.1) is 0 Å². The van der Waals surface area contributed by atoms with Crippen molar-refractivity contribution in [2.75, 3.05) is 19.3 Å². The molecule has 0 aliphatic carbocycles. The molecule has 0 aliphatic rings. The molecule has 40 heavy (non-hydrogen) atoms. The summed E-state index contributed by atoms with van der Waals surface area (Å²) in [4.78, 5) is 73.3. The van der Waals surface area contributed by atoms with E-state index in [0.717, 1.165) is 5.56 Å². The van der Waals surface area contributed by atoms with E-state index >= 15 is 0 Å². The molecule has 0 aliphatic heterocycles. The number of Topliss-reactive ketones (excluding diaryl/α,β-unsaturated/α-hetero) is 1. The summed E-state index contributed by atoms with van der Waals surface area (Å²) < 4.78 is 23.4. The van der Waals surface area contributed by atoms with Crippen LogP contribution in [0.4, 0.5) is 9.59 Å². The summed E-state index contributed by atoms with van der Waals surface area (Å²) in [5, 5.41) is -1.65. The molecule has 11 nitrogen and oxygen atoms in total. The third-order valence-electron chi connectivity index (χ3n) is 5.10. The van der Waals surface area contributed by atoms with Crippen molar-refractivity contribution in [3.05, 3.63) is 35.9 Å². The third kappa shape index (κ3) is 13.8. The highest BCUT2D eigenvalue weighted by molar-refractivity contribution is 8.15. The van der Waals surface area contributed by atoms with Crippen LogP contribution in [0, 0.1) is 17.8 Å². The van der Waals surface area contributed by atoms with Gasteiger partial charge >= 0.3 is 28.5 Å². The van der Waals surface area contributed by atoms with Crippen LogP contribution in [0.2, 0.25) is 0 Å². The van der Waals surface area contributed by atoms with Crippen molar-refractivity contribution in [2.45, 2.75) is 59.3 Å². The molecule has 0 heterocycles. The standard InChI is InChI=1S/C27H36O11S2/c1-17(2)22(29)35-15-37-25(32)39-14-20(24(31)34-13-19-10-8-7-9-11-19)12-21(28)27(5,6)40-26(33)38-16-36-23(30)18(3)4/h7-11,17-18,20H,12-16H2,1-6H3/t20-/m0/s1. The van der Waals surface area contributed by atoms with Crippen LogP contribution in [0.25, 0.3) is 0 Å². The van der Waals surface area contributed by atoms with Crippen LogP contribution in [0.3, 0.4) is 0 Å². The van der Waals surface area contributed by atoms with Gasteiger partial charge in [0.05, 0.1) is 22.5 Å². The average molecular weight is 601 g/mol. The molecular formula is C27H36O11S2. The molecule has 1 atom stereocenters. The number of ketones is 1. The first-order valence-electron chi connectivity index (χ1n) is 12.4. The van der Waals surface area contributed by atoms with Crippen LogP contribution in [-0.4, -0.2) is 58.4 Å². The number of ether oxygens (including phenoxy) is 5. The Morgan fingerprint density at radius 3 is 1.77 bits per heavy atom. The Hall–Kier alpha value is -3.06. The van der Waals surface area contributed by atoms with E-state index in [-0.39, 0.29) is 18.8 Å². The minimum Gasteiger partial charge on any atom is -0.461 e. The van der Waals surface area contributed by atoms with E-state index in [1.54, 1.807) is 52.0 Å². The van der Waals surface area contributed by atoms with Crippen LogP contribution in [0.5, 0.6) is 0 Å². The topological polar surface area (TPSA) is 149 Å². The molecule has 1 aromatic carbocycles. The van der Waals surface area contributed by atoms with Gasteiger partial charge in [-0.25, -0.2) is 9.59 Å². The maximum atomic E-state index is 13.1. The van der Waals surface area contributed by atoms with Crippen molar-refractivity contribution in [1.29, 1.82) is 0 Å². The highest BCUT2D eigenvalue weighted by Crippen LogP contribution is 2.31. The Morgan fingerprint density at radius 2 is 1.25 bits per heavy atom. The van der Waals surface area contributed by atoms with Gasteiger partial charge < -0.3 is 23.7 Å².